The lowest BCUT2D eigenvalue weighted by Gasteiger charge is -2.10. The number of halogens is 1. The van der Waals surface area contributed by atoms with Crippen LogP contribution in [0.5, 0.6) is 0 Å². The van der Waals surface area contributed by atoms with Gasteiger partial charge in [-0.2, -0.15) is 11.8 Å². The van der Waals surface area contributed by atoms with Crippen LogP contribution in [0.25, 0.3) is 0 Å². The van der Waals surface area contributed by atoms with Gasteiger partial charge in [0.1, 0.15) is 0 Å². The Labute approximate surface area is 133 Å². The second-order valence-electron chi connectivity index (χ2n) is 4.71. The zero-order valence-electron chi connectivity index (χ0n) is 11.9. The number of unbranched alkanes of at least 4 members (excludes halogenated alkanes) is 3. The minimum atomic E-state index is -0.352. The predicted molar refractivity (Wildman–Crippen MR) is 90.9 cm³/mol. The Bertz CT molecular complexity index is 455. The van der Waals surface area contributed by atoms with Crippen molar-refractivity contribution in [2.45, 2.75) is 32.6 Å². The number of benzene rings is 1. The molecule has 0 amide bonds. The van der Waals surface area contributed by atoms with Crippen LogP contribution in [-0.2, 0) is 0 Å². The third-order valence-corrected chi connectivity index (χ3v) is 4.43. The normalized spacial score (nSPS) is 10.6. The van der Waals surface area contributed by atoms with Crippen molar-refractivity contribution in [1.82, 2.24) is 0 Å². The van der Waals surface area contributed by atoms with Gasteiger partial charge in [0, 0.05) is 28.3 Å². The molecule has 0 atom stereocenters. The first-order valence-electron chi connectivity index (χ1n) is 6.73. The van der Waals surface area contributed by atoms with Gasteiger partial charge in [-0.3, -0.25) is 10.1 Å². The number of hydrogen-bond acceptors (Lipinski definition) is 4. The van der Waals surface area contributed by atoms with Crippen LogP contribution in [-0.4, -0.2) is 23.5 Å². The lowest BCUT2D eigenvalue weighted by Crippen LogP contribution is -2.03. The number of anilines is 1. The molecule has 1 aromatic carbocycles. The van der Waals surface area contributed by atoms with Gasteiger partial charge in [0.15, 0.2) is 0 Å². The first-order chi connectivity index (χ1) is 9.56. The minimum Gasteiger partial charge on any atom is -0.384 e. The average Bonchev–Trinajstić information content (AvgIpc) is 2.40. The van der Waals surface area contributed by atoms with E-state index in [2.05, 4.69) is 27.5 Å². The molecule has 0 bridgehead atoms. The molecule has 1 N–H and O–H groups in total. The molecule has 0 radical (unpaired) electrons. The maximum Gasteiger partial charge on any atom is 0.273 e. The van der Waals surface area contributed by atoms with Crippen molar-refractivity contribution >= 4 is 39.1 Å². The molecule has 112 valence electrons. The van der Waals surface area contributed by atoms with E-state index in [1.165, 1.54) is 25.0 Å². The summed E-state index contributed by atoms with van der Waals surface area (Å²) < 4.78 is 0.747. The maximum atomic E-state index is 10.8. The van der Waals surface area contributed by atoms with Crippen LogP contribution in [0.4, 0.5) is 11.4 Å². The Morgan fingerprint density at radius 1 is 1.30 bits per heavy atom. The molecule has 0 fully saturated rings. The summed E-state index contributed by atoms with van der Waals surface area (Å²) in [6.45, 7) is 2.66. The number of aryl methyl sites for hydroxylation is 1. The zero-order valence-corrected chi connectivity index (χ0v) is 14.3. The Hall–Kier alpha value is -0.750. The molecule has 20 heavy (non-hydrogen) atoms. The number of hydrogen-bond donors (Lipinski definition) is 1. The van der Waals surface area contributed by atoms with Gasteiger partial charge in [0.2, 0.25) is 0 Å². The summed E-state index contributed by atoms with van der Waals surface area (Å²) in [5.41, 5.74) is 1.76. The number of nitro benzene ring substituents is 1. The zero-order chi connectivity index (χ0) is 15.0. The molecular formula is C14H21BrN2O2S. The van der Waals surface area contributed by atoms with Crippen molar-refractivity contribution < 1.29 is 4.92 Å². The highest BCUT2D eigenvalue weighted by Crippen LogP contribution is 2.30. The standard InChI is InChI=1S/C14H21BrN2O2S/c1-11-9-13(12(15)10-14(11)17(18)19)16-7-5-3-4-6-8-20-2/h9-10,16H,3-8H2,1-2H3. The van der Waals surface area contributed by atoms with E-state index < -0.39 is 0 Å². The first-order valence-corrected chi connectivity index (χ1v) is 8.92. The number of thioether (sulfide) groups is 1. The number of nitrogens with zero attached hydrogens (tertiary/aromatic N) is 1. The van der Waals surface area contributed by atoms with Gasteiger partial charge in [-0.25, -0.2) is 0 Å². The van der Waals surface area contributed by atoms with Gasteiger partial charge in [-0.1, -0.05) is 12.8 Å². The highest BCUT2D eigenvalue weighted by Gasteiger charge is 2.13. The number of rotatable bonds is 9. The number of nitrogens with one attached hydrogen (secondary N) is 1. The van der Waals surface area contributed by atoms with E-state index in [0.29, 0.717) is 5.56 Å². The molecule has 0 aromatic heterocycles. The van der Waals surface area contributed by atoms with Gasteiger partial charge in [0.05, 0.1) is 4.92 Å². The van der Waals surface area contributed by atoms with Crippen molar-refractivity contribution in [3.8, 4) is 0 Å². The van der Waals surface area contributed by atoms with Crippen LogP contribution in [0.3, 0.4) is 0 Å². The molecule has 0 spiro atoms. The molecule has 0 saturated heterocycles. The van der Waals surface area contributed by atoms with E-state index in [1.807, 2.05) is 17.8 Å². The topological polar surface area (TPSA) is 55.2 Å². The SMILES string of the molecule is CSCCCCCCNc1cc(C)c([N+](=O)[O-])cc1Br. The lowest BCUT2D eigenvalue weighted by molar-refractivity contribution is -0.385. The van der Waals surface area contributed by atoms with Crippen LogP contribution < -0.4 is 5.32 Å². The largest absolute Gasteiger partial charge is 0.384 e. The molecule has 0 aliphatic carbocycles. The molecule has 0 saturated carbocycles. The molecule has 6 heteroatoms. The molecule has 0 aliphatic heterocycles. The Morgan fingerprint density at radius 2 is 2.00 bits per heavy atom. The van der Waals surface area contributed by atoms with Gasteiger partial charge in [-0.15, -0.1) is 0 Å². The summed E-state index contributed by atoms with van der Waals surface area (Å²) in [5.74, 6) is 1.24. The van der Waals surface area contributed by atoms with E-state index in [0.717, 1.165) is 23.1 Å². The van der Waals surface area contributed by atoms with Crippen molar-refractivity contribution in [2.24, 2.45) is 0 Å². The molecule has 0 aliphatic rings. The summed E-state index contributed by atoms with van der Waals surface area (Å²) in [6, 6.07) is 3.39. The summed E-state index contributed by atoms with van der Waals surface area (Å²) in [4.78, 5) is 10.5. The summed E-state index contributed by atoms with van der Waals surface area (Å²) in [6.07, 6.45) is 7.02. The molecule has 0 heterocycles. The predicted octanol–water partition coefficient (Wildman–Crippen LogP) is 5.00. The van der Waals surface area contributed by atoms with E-state index in [1.54, 1.807) is 13.0 Å². The maximum absolute atomic E-state index is 10.8. The van der Waals surface area contributed by atoms with Gasteiger partial charge in [-0.05, 0) is 53.8 Å². The second kappa shape index (κ2) is 9.23. The van der Waals surface area contributed by atoms with Crippen molar-refractivity contribution in [1.29, 1.82) is 0 Å². The first kappa shape index (κ1) is 17.3. The van der Waals surface area contributed by atoms with Crippen LogP contribution in [0.15, 0.2) is 16.6 Å². The molecule has 0 unspecified atom stereocenters. The van der Waals surface area contributed by atoms with Crippen LogP contribution in [0.1, 0.15) is 31.2 Å². The Morgan fingerprint density at radius 3 is 2.65 bits per heavy atom. The summed E-state index contributed by atoms with van der Waals surface area (Å²) >= 11 is 5.28. The van der Waals surface area contributed by atoms with Crippen LogP contribution in [0.2, 0.25) is 0 Å². The highest BCUT2D eigenvalue weighted by molar-refractivity contribution is 9.10. The fourth-order valence-electron chi connectivity index (χ4n) is 1.95. The molecular weight excluding hydrogens is 340 g/mol. The Kier molecular flexibility index (Phi) is 7.99. The van der Waals surface area contributed by atoms with E-state index in [9.17, 15) is 10.1 Å². The smallest absolute Gasteiger partial charge is 0.273 e. The summed E-state index contributed by atoms with van der Waals surface area (Å²) in [7, 11) is 0. The second-order valence-corrected chi connectivity index (χ2v) is 6.55. The lowest BCUT2D eigenvalue weighted by atomic mass is 10.1. The van der Waals surface area contributed by atoms with Gasteiger partial charge >= 0.3 is 0 Å². The van der Waals surface area contributed by atoms with E-state index in [4.69, 9.17) is 0 Å². The van der Waals surface area contributed by atoms with Crippen LogP contribution >= 0.6 is 27.7 Å². The quantitative estimate of drug-likeness (QED) is 0.382. The monoisotopic (exact) mass is 360 g/mol. The average molecular weight is 361 g/mol. The minimum absolute atomic E-state index is 0.152. The van der Waals surface area contributed by atoms with E-state index in [-0.39, 0.29) is 10.6 Å². The van der Waals surface area contributed by atoms with Gasteiger partial charge < -0.3 is 5.32 Å². The summed E-state index contributed by atoms with van der Waals surface area (Å²) in [5, 5.41) is 14.2. The third-order valence-electron chi connectivity index (χ3n) is 3.07. The fraction of sp³-hybridized carbons (Fsp3) is 0.571. The van der Waals surface area contributed by atoms with Gasteiger partial charge in [0.25, 0.3) is 5.69 Å². The molecule has 1 rings (SSSR count). The third kappa shape index (κ3) is 5.71. The molecule has 1 aromatic rings. The Balaban J connectivity index is 2.41. The molecule has 4 nitrogen and oxygen atoms in total. The van der Waals surface area contributed by atoms with Crippen LogP contribution in [0, 0.1) is 17.0 Å². The number of nitro groups is 1. The van der Waals surface area contributed by atoms with Crippen molar-refractivity contribution in [2.75, 3.05) is 23.9 Å². The van der Waals surface area contributed by atoms with Crippen molar-refractivity contribution in [3.05, 3.63) is 32.3 Å². The highest BCUT2D eigenvalue weighted by atomic mass is 79.9. The van der Waals surface area contributed by atoms with E-state index >= 15 is 0 Å². The fourth-order valence-corrected chi connectivity index (χ4v) is 2.92. The van der Waals surface area contributed by atoms with Crippen molar-refractivity contribution in [3.63, 3.8) is 0 Å².